The van der Waals surface area contributed by atoms with Gasteiger partial charge in [-0.05, 0) is 60.0 Å². The molecule has 4 N–H and O–H groups in total. The fourth-order valence-electron chi connectivity index (χ4n) is 4.96. The van der Waals surface area contributed by atoms with Gasteiger partial charge in [-0.2, -0.15) is 0 Å². The van der Waals surface area contributed by atoms with Crippen molar-refractivity contribution in [2.45, 2.75) is 31.0 Å². The van der Waals surface area contributed by atoms with Crippen LogP contribution in [0.15, 0.2) is 85.1 Å². The predicted molar refractivity (Wildman–Crippen MR) is 146 cm³/mol. The van der Waals surface area contributed by atoms with Crippen molar-refractivity contribution < 1.29 is 27.5 Å². The Kier molecular flexibility index (Phi) is 8.30. The first-order valence-electron chi connectivity index (χ1n) is 13.0. The van der Waals surface area contributed by atoms with Crippen LogP contribution in [0.25, 0.3) is 11.1 Å². The number of aromatic nitrogens is 1. The number of hydrogen-bond acceptors (Lipinski definition) is 5. The molecule has 1 aromatic heterocycles. The molecule has 1 saturated heterocycles. The van der Waals surface area contributed by atoms with E-state index in [-0.39, 0.29) is 24.0 Å². The van der Waals surface area contributed by atoms with Crippen molar-refractivity contribution in [3.63, 3.8) is 0 Å². The highest BCUT2D eigenvalue weighted by Gasteiger charge is 2.33. The topological polar surface area (TPSA) is 106 Å². The molecule has 7 nitrogen and oxygen atoms in total. The van der Waals surface area contributed by atoms with Gasteiger partial charge < -0.3 is 21.1 Å². The second-order valence-electron chi connectivity index (χ2n) is 9.79. The van der Waals surface area contributed by atoms with Gasteiger partial charge in [0.2, 0.25) is 5.91 Å². The lowest BCUT2D eigenvalue weighted by atomic mass is 9.94. The molecule has 41 heavy (non-hydrogen) atoms. The molecular formula is C31H27F3N4O3. The Hall–Kier alpha value is -4.70. The van der Waals surface area contributed by atoms with Crippen LogP contribution in [-0.2, 0) is 11.2 Å². The minimum absolute atomic E-state index is 0.00493. The number of pyridine rings is 1. The molecule has 0 unspecified atom stereocenters. The molecule has 0 radical (unpaired) electrons. The van der Waals surface area contributed by atoms with Crippen LogP contribution >= 0.6 is 0 Å². The third-order valence-electron chi connectivity index (χ3n) is 6.84. The Morgan fingerprint density at radius 2 is 1.76 bits per heavy atom. The number of benzene rings is 3. The van der Waals surface area contributed by atoms with Crippen molar-refractivity contribution in [3.8, 4) is 16.9 Å². The quantitative estimate of drug-likeness (QED) is 0.280. The number of ether oxygens (including phenoxy) is 1. The van der Waals surface area contributed by atoms with E-state index in [9.17, 15) is 22.8 Å². The van der Waals surface area contributed by atoms with Gasteiger partial charge in [-0.25, -0.2) is 13.2 Å². The highest BCUT2D eigenvalue weighted by atomic mass is 19.1. The molecule has 4 aromatic rings. The second kappa shape index (κ2) is 12.2. The van der Waals surface area contributed by atoms with Crippen LogP contribution in [0.4, 0.5) is 13.2 Å². The molecule has 0 bridgehead atoms. The molecule has 10 heteroatoms. The molecule has 0 aliphatic carbocycles. The molecule has 5 rings (SSSR count). The Balaban J connectivity index is 1.44. The summed E-state index contributed by atoms with van der Waals surface area (Å²) in [7, 11) is 0. The van der Waals surface area contributed by atoms with E-state index in [1.54, 1.807) is 12.1 Å². The SMILES string of the molecule is NC(=O)c1cc(-c2cccnc2[C@H](Cc2cc(F)cc(F)c2)NC(=O)[C@@H]2C[C@H](Oc3ccccc3)CN2)ccc1F. The molecule has 3 aromatic carbocycles. The molecule has 2 heterocycles. The van der Waals surface area contributed by atoms with Gasteiger partial charge in [-0.15, -0.1) is 0 Å². The number of para-hydroxylation sites is 1. The van der Waals surface area contributed by atoms with Crippen LogP contribution in [0, 0.1) is 17.5 Å². The number of nitrogens with two attached hydrogens (primary N) is 1. The largest absolute Gasteiger partial charge is 0.489 e. The van der Waals surface area contributed by atoms with Crippen molar-refractivity contribution in [1.29, 1.82) is 0 Å². The van der Waals surface area contributed by atoms with Gasteiger partial charge >= 0.3 is 0 Å². The van der Waals surface area contributed by atoms with Gasteiger partial charge in [-0.3, -0.25) is 14.6 Å². The smallest absolute Gasteiger partial charge is 0.251 e. The summed E-state index contributed by atoms with van der Waals surface area (Å²) in [5.41, 5.74) is 6.63. The van der Waals surface area contributed by atoms with Crippen LogP contribution in [-0.4, -0.2) is 35.5 Å². The van der Waals surface area contributed by atoms with Crippen molar-refractivity contribution in [2.24, 2.45) is 5.73 Å². The highest BCUT2D eigenvalue weighted by molar-refractivity contribution is 5.94. The van der Waals surface area contributed by atoms with E-state index >= 15 is 0 Å². The van der Waals surface area contributed by atoms with E-state index in [0.29, 0.717) is 41.1 Å². The summed E-state index contributed by atoms with van der Waals surface area (Å²) < 4.78 is 48.3. The van der Waals surface area contributed by atoms with Crippen LogP contribution in [0.3, 0.4) is 0 Å². The predicted octanol–water partition coefficient (Wildman–Crippen LogP) is 4.47. The van der Waals surface area contributed by atoms with Gasteiger partial charge in [0.1, 0.15) is 29.3 Å². The first-order chi connectivity index (χ1) is 19.8. The molecule has 0 spiro atoms. The highest BCUT2D eigenvalue weighted by Crippen LogP contribution is 2.31. The van der Waals surface area contributed by atoms with Crippen molar-refractivity contribution >= 4 is 11.8 Å². The Morgan fingerprint density at radius 1 is 1.00 bits per heavy atom. The molecule has 1 fully saturated rings. The zero-order valence-corrected chi connectivity index (χ0v) is 21.8. The van der Waals surface area contributed by atoms with Crippen molar-refractivity contribution in [3.05, 3.63) is 119 Å². The number of hydrogen-bond donors (Lipinski definition) is 3. The average Bonchev–Trinajstić information content (AvgIpc) is 3.41. The third-order valence-corrected chi connectivity index (χ3v) is 6.84. The number of carbonyl (C=O) groups is 2. The zero-order valence-electron chi connectivity index (χ0n) is 21.8. The van der Waals surface area contributed by atoms with Crippen LogP contribution in [0.5, 0.6) is 5.75 Å². The lowest BCUT2D eigenvalue weighted by molar-refractivity contribution is -0.123. The minimum atomic E-state index is -0.936. The van der Waals surface area contributed by atoms with Crippen molar-refractivity contribution in [2.75, 3.05) is 6.54 Å². The summed E-state index contributed by atoms with van der Waals surface area (Å²) in [4.78, 5) is 29.7. The molecule has 1 aliphatic rings. The number of halogens is 3. The third kappa shape index (κ3) is 6.72. The summed E-state index contributed by atoms with van der Waals surface area (Å²) >= 11 is 0. The Morgan fingerprint density at radius 3 is 2.49 bits per heavy atom. The van der Waals surface area contributed by atoms with Crippen LogP contribution in [0.1, 0.15) is 34.1 Å². The Labute approximate surface area is 234 Å². The van der Waals surface area contributed by atoms with Crippen molar-refractivity contribution in [1.82, 2.24) is 15.6 Å². The average molecular weight is 561 g/mol. The first-order valence-corrected chi connectivity index (χ1v) is 13.0. The zero-order chi connectivity index (χ0) is 28.9. The number of nitrogens with one attached hydrogen (secondary N) is 2. The second-order valence-corrected chi connectivity index (χ2v) is 9.79. The summed E-state index contributed by atoms with van der Waals surface area (Å²) in [6.07, 6.45) is 1.68. The number of carbonyl (C=O) groups excluding carboxylic acids is 2. The first kappa shape index (κ1) is 27.9. The number of amides is 2. The van der Waals surface area contributed by atoms with Gasteiger partial charge in [0.15, 0.2) is 0 Å². The van der Waals surface area contributed by atoms with E-state index in [1.807, 2.05) is 30.3 Å². The number of primary amides is 1. The maximum Gasteiger partial charge on any atom is 0.251 e. The van der Waals surface area contributed by atoms with E-state index in [1.165, 1.54) is 30.5 Å². The lowest BCUT2D eigenvalue weighted by Crippen LogP contribution is -2.43. The molecule has 0 saturated carbocycles. The summed E-state index contributed by atoms with van der Waals surface area (Å²) in [5.74, 6) is -2.87. The Bertz CT molecular complexity index is 1550. The molecule has 2 amide bonds. The van der Waals surface area contributed by atoms with Gasteiger partial charge in [0.25, 0.3) is 5.91 Å². The summed E-state index contributed by atoms with van der Waals surface area (Å²) in [6.45, 7) is 0.451. The van der Waals surface area contributed by atoms with Crippen LogP contribution in [0.2, 0.25) is 0 Å². The van der Waals surface area contributed by atoms with Crippen LogP contribution < -0.4 is 21.1 Å². The van der Waals surface area contributed by atoms with Gasteiger partial charge in [0, 0.05) is 30.8 Å². The van der Waals surface area contributed by atoms with Gasteiger partial charge in [0.05, 0.1) is 23.3 Å². The van der Waals surface area contributed by atoms with E-state index in [2.05, 4.69) is 15.6 Å². The lowest BCUT2D eigenvalue weighted by Gasteiger charge is -2.23. The molecule has 210 valence electrons. The normalized spacial score (nSPS) is 17.1. The van der Waals surface area contributed by atoms with E-state index in [4.69, 9.17) is 10.5 Å². The van der Waals surface area contributed by atoms with E-state index in [0.717, 1.165) is 12.1 Å². The minimum Gasteiger partial charge on any atom is -0.489 e. The molecule has 1 aliphatic heterocycles. The summed E-state index contributed by atoms with van der Waals surface area (Å²) in [5, 5.41) is 6.14. The van der Waals surface area contributed by atoms with Gasteiger partial charge in [-0.1, -0.05) is 30.3 Å². The van der Waals surface area contributed by atoms with E-state index < -0.39 is 35.4 Å². The number of rotatable bonds is 9. The fourth-order valence-corrected chi connectivity index (χ4v) is 4.96. The molecular weight excluding hydrogens is 533 g/mol. The maximum atomic E-state index is 14.2. The fraction of sp³-hybridized carbons (Fsp3) is 0.194. The summed E-state index contributed by atoms with van der Waals surface area (Å²) in [6, 6.07) is 18.2. The molecule has 3 atom stereocenters. The maximum absolute atomic E-state index is 14.2. The number of nitrogens with zero attached hydrogens (tertiary/aromatic N) is 1. The standard InChI is InChI=1S/C31H27F3N4O3/c32-20-11-18(12-21(33)15-20)13-27(38-31(40)28-16-23(17-37-28)41-22-5-2-1-3-6-22)29-24(7-4-10-36-29)19-8-9-26(34)25(14-19)30(35)39/h1-12,14-15,23,27-28,37H,13,16-17H2,(H2,35,39)(H,38,40)/t23-,27-,28-/m0/s1. The monoisotopic (exact) mass is 560 g/mol.